The number of nitrogens with zero attached hydrogens (tertiary/aromatic N) is 3. The average molecular weight is 306 g/mol. The minimum absolute atomic E-state index is 0.695. The first kappa shape index (κ1) is 15.4. The van der Waals surface area contributed by atoms with Crippen LogP contribution >= 0.6 is 11.3 Å². The number of ether oxygens (including phenoxy) is 1. The maximum Gasteiger partial charge on any atom is 0.231 e. The second-order valence-electron chi connectivity index (χ2n) is 5.12. The summed E-state index contributed by atoms with van der Waals surface area (Å²) < 4.78 is 5.34. The molecule has 0 saturated heterocycles. The Hall–Kier alpha value is -1.95. The van der Waals surface area contributed by atoms with Crippen molar-refractivity contribution in [2.45, 2.75) is 6.54 Å². The van der Waals surface area contributed by atoms with Gasteiger partial charge >= 0.3 is 0 Å². The van der Waals surface area contributed by atoms with Crippen molar-refractivity contribution < 1.29 is 4.74 Å². The van der Waals surface area contributed by atoms with Crippen LogP contribution in [0.3, 0.4) is 0 Å². The van der Waals surface area contributed by atoms with Crippen molar-refractivity contribution in [3.8, 4) is 5.88 Å². The van der Waals surface area contributed by atoms with E-state index in [1.54, 1.807) is 18.4 Å². The van der Waals surface area contributed by atoms with Crippen LogP contribution in [0.2, 0.25) is 0 Å². The van der Waals surface area contributed by atoms with E-state index in [0.717, 1.165) is 15.7 Å². The van der Waals surface area contributed by atoms with Crippen LogP contribution in [0.15, 0.2) is 24.3 Å². The second-order valence-corrected chi connectivity index (χ2v) is 6.18. The molecule has 5 nitrogen and oxygen atoms in total. The molecule has 0 radical (unpaired) electrons. The van der Waals surface area contributed by atoms with Gasteiger partial charge in [-0.25, -0.2) is 0 Å². The van der Waals surface area contributed by atoms with Crippen LogP contribution in [0.5, 0.6) is 5.88 Å². The molecule has 0 aliphatic carbocycles. The van der Waals surface area contributed by atoms with Gasteiger partial charge in [-0.15, -0.1) is 0 Å². The zero-order valence-corrected chi connectivity index (χ0v) is 14.0. The largest absolute Gasteiger partial charge is 0.480 e. The van der Waals surface area contributed by atoms with E-state index in [1.807, 2.05) is 33.1 Å². The summed E-state index contributed by atoms with van der Waals surface area (Å²) in [5.41, 5.74) is 2.27. The highest BCUT2D eigenvalue weighted by Gasteiger charge is 2.12. The van der Waals surface area contributed by atoms with Gasteiger partial charge in [0.2, 0.25) is 5.88 Å². The molecule has 0 spiro atoms. The van der Waals surface area contributed by atoms with Crippen molar-refractivity contribution in [3.05, 3.63) is 29.1 Å². The highest BCUT2D eigenvalue weighted by molar-refractivity contribution is 7.15. The molecule has 1 heterocycles. The third-order valence-corrected chi connectivity index (χ3v) is 4.27. The number of aromatic nitrogens is 1. The van der Waals surface area contributed by atoms with Gasteiger partial charge in [-0.1, -0.05) is 11.3 Å². The van der Waals surface area contributed by atoms with Gasteiger partial charge < -0.3 is 19.9 Å². The van der Waals surface area contributed by atoms with Crippen LogP contribution in [-0.4, -0.2) is 40.3 Å². The number of rotatable bonds is 6. The summed E-state index contributed by atoms with van der Waals surface area (Å²) in [5, 5.41) is 4.36. The Labute approximate surface area is 130 Å². The van der Waals surface area contributed by atoms with Gasteiger partial charge in [0.15, 0.2) is 5.13 Å². The minimum Gasteiger partial charge on any atom is -0.480 e. The Balaban J connectivity index is 2.05. The molecule has 0 amide bonds. The minimum atomic E-state index is 0.695. The third-order valence-electron chi connectivity index (χ3n) is 3.06. The van der Waals surface area contributed by atoms with Crippen LogP contribution in [0.25, 0.3) is 0 Å². The number of hydrogen-bond acceptors (Lipinski definition) is 6. The number of thiazole rings is 1. The summed E-state index contributed by atoms with van der Waals surface area (Å²) in [7, 11) is 9.69. The van der Waals surface area contributed by atoms with Crippen LogP contribution < -0.4 is 19.9 Å². The lowest BCUT2D eigenvalue weighted by molar-refractivity contribution is 0.397. The summed E-state index contributed by atoms with van der Waals surface area (Å²) >= 11 is 1.64. The van der Waals surface area contributed by atoms with E-state index in [0.29, 0.717) is 12.4 Å². The summed E-state index contributed by atoms with van der Waals surface area (Å²) in [6.45, 7) is 0.704. The Morgan fingerprint density at radius 2 is 1.76 bits per heavy atom. The molecule has 0 bridgehead atoms. The highest BCUT2D eigenvalue weighted by atomic mass is 32.1. The van der Waals surface area contributed by atoms with E-state index in [-0.39, 0.29) is 0 Å². The first-order valence-corrected chi connectivity index (χ1v) is 7.55. The van der Waals surface area contributed by atoms with Gasteiger partial charge in [-0.3, -0.25) is 0 Å². The summed E-state index contributed by atoms with van der Waals surface area (Å²) in [6.07, 6.45) is 0. The summed E-state index contributed by atoms with van der Waals surface area (Å²) in [5.74, 6) is 0.695. The predicted molar refractivity (Wildman–Crippen MR) is 91.1 cm³/mol. The number of hydrogen-bond donors (Lipinski definition) is 1. The van der Waals surface area contributed by atoms with E-state index in [2.05, 4.69) is 39.5 Å². The Morgan fingerprint density at radius 1 is 1.10 bits per heavy atom. The van der Waals surface area contributed by atoms with Crippen molar-refractivity contribution in [3.63, 3.8) is 0 Å². The molecule has 0 aliphatic heterocycles. The predicted octanol–water partition coefficient (Wildman–Crippen LogP) is 2.90. The first-order valence-electron chi connectivity index (χ1n) is 6.73. The zero-order chi connectivity index (χ0) is 15.4. The summed E-state index contributed by atoms with van der Waals surface area (Å²) in [6, 6.07) is 8.35. The molecule has 6 heteroatoms. The standard InChI is InChI=1S/C15H22N4OS/c1-18(2)12-8-6-11(7-9-12)16-10-13-14(20-5)17-15(21-13)19(3)4/h6-9,16H,10H2,1-5H3. The van der Waals surface area contributed by atoms with Gasteiger partial charge in [-0.2, -0.15) is 4.98 Å². The number of anilines is 3. The Bertz CT molecular complexity index is 578. The molecule has 114 valence electrons. The van der Waals surface area contributed by atoms with E-state index >= 15 is 0 Å². The molecule has 0 fully saturated rings. The molecule has 21 heavy (non-hydrogen) atoms. The van der Waals surface area contributed by atoms with E-state index in [1.165, 1.54) is 5.69 Å². The topological polar surface area (TPSA) is 40.6 Å². The van der Waals surface area contributed by atoms with Crippen molar-refractivity contribution in [1.82, 2.24) is 4.98 Å². The van der Waals surface area contributed by atoms with Gasteiger partial charge in [-0.05, 0) is 24.3 Å². The molecule has 1 N–H and O–H groups in total. The molecule has 0 unspecified atom stereocenters. The third kappa shape index (κ3) is 3.78. The summed E-state index contributed by atoms with van der Waals surface area (Å²) in [4.78, 5) is 9.62. The number of benzene rings is 1. The lowest BCUT2D eigenvalue weighted by Gasteiger charge is -2.13. The molecule has 0 aliphatic rings. The fraction of sp³-hybridized carbons (Fsp3) is 0.400. The molecule has 0 atom stereocenters. The van der Waals surface area contributed by atoms with Crippen LogP contribution in [-0.2, 0) is 6.54 Å². The normalized spacial score (nSPS) is 10.3. The fourth-order valence-corrected chi connectivity index (χ4v) is 2.74. The van der Waals surface area contributed by atoms with Crippen molar-refractivity contribution in [1.29, 1.82) is 0 Å². The number of nitrogens with one attached hydrogen (secondary N) is 1. The Morgan fingerprint density at radius 3 is 2.29 bits per heavy atom. The van der Waals surface area contributed by atoms with E-state index in [4.69, 9.17) is 4.74 Å². The lowest BCUT2D eigenvalue weighted by Crippen LogP contribution is -2.08. The first-order chi connectivity index (χ1) is 10.0. The lowest BCUT2D eigenvalue weighted by atomic mass is 10.2. The van der Waals surface area contributed by atoms with Gasteiger partial charge in [0.25, 0.3) is 0 Å². The van der Waals surface area contributed by atoms with E-state index < -0.39 is 0 Å². The molecule has 2 aromatic rings. The van der Waals surface area contributed by atoms with Crippen LogP contribution in [0, 0.1) is 0 Å². The SMILES string of the molecule is COc1nc(N(C)C)sc1CNc1ccc(N(C)C)cc1. The zero-order valence-electron chi connectivity index (χ0n) is 13.2. The second kappa shape index (κ2) is 6.67. The molecular weight excluding hydrogens is 284 g/mol. The van der Waals surface area contributed by atoms with Gasteiger partial charge in [0.05, 0.1) is 18.5 Å². The van der Waals surface area contributed by atoms with Gasteiger partial charge in [0, 0.05) is 39.6 Å². The fourth-order valence-electron chi connectivity index (χ4n) is 1.85. The highest BCUT2D eigenvalue weighted by Crippen LogP contribution is 2.31. The van der Waals surface area contributed by atoms with E-state index in [9.17, 15) is 0 Å². The number of methoxy groups -OCH3 is 1. The monoisotopic (exact) mass is 306 g/mol. The smallest absolute Gasteiger partial charge is 0.231 e. The maximum atomic E-state index is 5.34. The van der Waals surface area contributed by atoms with Gasteiger partial charge in [0.1, 0.15) is 0 Å². The quantitative estimate of drug-likeness (QED) is 0.888. The van der Waals surface area contributed by atoms with Crippen LogP contribution in [0.1, 0.15) is 4.88 Å². The van der Waals surface area contributed by atoms with Crippen molar-refractivity contribution >= 4 is 27.8 Å². The van der Waals surface area contributed by atoms with Crippen molar-refractivity contribution in [2.24, 2.45) is 0 Å². The Kier molecular flexibility index (Phi) is 4.90. The molecular formula is C15H22N4OS. The molecule has 0 saturated carbocycles. The maximum absolute atomic E-state index is 5.34. The average Bonchev–Trinajstić information content (AvgIpc) is 2.89. The molecule has 1 aromatic carbocycles. The molecule has 2 rings (SSSR count). The van der Waals surface area contributed by atoms with Crippen LogP contribution in [0.4, 0.5) is 16.5 Å². The van der Waals surface area contributed by atoms with Crippen molar-refractivity contribution in [2.75, 3.05) is 50.4 Å². The molecule has 1 aromatic heterocycles.